The molecule has 1 aliphatic heterocycles. The topological polar surface area (TPSA) is 78.5 Å². The molecular weight excluding hydrogens is 314 g/mol. The molecular formula is C16H25N3O3S. The van der Waals surface area contributed by atoms with Gasteiger partial charge in [-0.15, -0.1) is 0 Å². The maximum Gasteiger partial charge on any atom is 0.241 e. The van der Waals surface area contributed by atoms with Crippen LogP contribution in [0.2, 0.25) is 0 Å². The summed E-state index contributed by atoms with van der Waals surface area (Å²) in [5, 5.41) is 2.96. The Balaban J connectivity index is 1.88. The first-order valence-corrected chi connectivity index (χ1v) is 9.73. The van der Waals surface area contributed by atoms with Gasteiger partial charge in [0.05, 0.1) is 12.3 Å². The minimum atomic E-state index is -3.17. The lowest BCUT2D eigenvalue weighted by Gasteiger charge is -2.35. The summed E-state index contributed by atoms with van der Waals surface area (Å²) in [4.78, 5) is 14.5. The summed E-state index contributed by atoms with van der Waals surface area (Å²) in [7, 11) is -3.17. The molecule has 128 valence electrons. The average Bonchev–Trinajstić information content (AvgIpc) is 2.48. The molecule has 1 saturated heterocycles. The van der Waals surface area contributed by atoms with E-state index in [0.29, 0.717) is 13.1 Å². The van der Waals surface area contributed by atoms with Crippen molar-refractivity contribution in [3.63, 3.8) is 0 Å². The van der Waals surface area contributed by atoms with Crippen LogP contribution in [0.3, 0.4) is 0 Å². The molecule has 0 aromatic heterocycles. The Kier molecular flexibility index (Phi) is 5.78. The highest BCUT2D eigenvalue weighted by Crippen LogP contribution is 2.17. The Hall–Kier alpha value is -1.44. The molecule has 1 aromatic carbocycles. The highest BCUT2D eigenvalue weighted by Gasteiger charge is 2.27. The van der Waals surface area contributed by atoms with E-state index in [0.717, 1.165) is 24.1 Å². The third-order valence-electron chi connectivity index (χ3n) is 4.24. The van der Waals surface area contributed by atoms with Gasteiger partial charge in [0.1, 0.15) is 0 Å². The van der Waals surface area contributed by atoms with E-state index in [1.165, 1.54) is 6.26 Å². The van der Waals surface area contributed by atoms with Crippen molar-refractivity contribution in [2.45, 2.75) is 38.8 Å². The number of carbonyl (C=O) groups is 1. The summed E-state index contributed by atoms with van der Waals surface area (Å²) in [5.41, 5.74) is 1.86. The SMILES string of the molecule is Cc1ccccc1NC(=O)C(C)N1CCC(NS(C)(=O)=O)CC1. The predicted molar refractivity (Wildman–Crippen MR) is 91.8 cm³/mol. The van der Waals surface area contributed by atoms with Crippen LogP contribution < -0.4 is 10.0 Å². The monoisotopic (exact) mass is 339 g/mol. The molecule has 0 radical (unpaired) electrons. The molecule has 1 unspecified atom stereocenters. The van der Waals surface area contributed by atoms with Gasteiger partial charge in [-0.3, -0.25) is 9.69 Å². The number of para-hydroxylation sites is 1. The van der Waals surface area contributed by atoms with E-state index in [1.54, 1.807) is 0 Å². The van der Waals surface area contributed by atoms with Crippen LogP contribution in [0.15, 0.2) is 24.3 Å². The van der Waals surface area contributed by atoms with E-state index >= 15 is 0 Å². The Bertz CT molecular complexity index is 652. The number of hydrogen-bond donors (Lipinski definition) is 2. The van der Waals surface area contributed by atoms with E-state index in [-0.39, 0.29) is 18.0 Å². The minimum absolute atomic E-state index is 0.0335. The second-order valence-corrected chi connectivity index (χ2v) is 7.96. The summed E-state index contributed by atoms with van der Waals surface area (Å²) < 4.78 is 25.2. The summed E-state index contributed by atoms with van der Waals surface area (Å²) in [5.74, 6) is -0.0335. The maximum absolute atomic E-state index is 12.4. The molecule has 2 rings (SSSR count). The van der Waals surface area contributed by atoms with Crippen LogP contribution in [-0.2, 0) is 14.8 Å². The normalized spacial score (nSPS) is 18.6. The fourth-order valence-corrected chi connectivity index (χ4v) is 3.66. The zero-order chi connectivity index (χ0) is 17.0. The number of amides is 1. The average molecular weight is 339 g/mol. The highest BCUT2D eigenvalue weighted by atomic mass is 32.2. The van der Waals surface area contributed by atoms with Crippen LogP contribution >= 0.6 is 0 Å². The van der Waals surface area contributed by atoms with Crippen LogP contribution in [-0.4, -0.2) is 50.7 Å². The van der Waals surface area contributed by atoms with Crippen molar-refractivity contribution >= 4 is 21.6 Å². The Morgan fingerprint density at radius 3 is 2.43 bits per heavy atom. The second-order valence-electron chi connectivity index (χ2n) is 6.18. The molecule has 1 aromatic rings. The molecule has 1 heterocycles. The van der Waals surface area contributed by atoms with Crippen LogP contribution in [0.5, 0.6) is 0 Å². The first-order valence-electron chi connectivity index (χ1n) is 7.84. The van der Waals surface area contributed by atoms with E-state index < -0.39 is 10.0 Å². The van der Waals surface area contributed by atoms with Crippen molar-refractivity contribution in [1.29, 1.82) is 0 Å². The molecule has 7 heteroatoms. The number of carbonyl (C=O) groups excluding carboxylic acids is 1. The summed E-state index contributed by atoms with van der Waals surface area (Å²) in [6, 6.07) is 7.41. The molecule has 1 amide bonds. The van der Waals surface area contributed by atoms with Crippen molar-refractivity contribution in [3.05, 3.63) is 29.8 Å². The largest absolute Gasteiger partial charge is 0.324 e. The van der Waals surface area contributed by atoms with Gasteiger partial charge in [-0.25, -0.2) is 13.1 Å². The van der Waals surface area contributed by atoms with E-state index in [4.69, 9.17) is 0 Å². The summed E-state index contributed by atoms with van der Waals surface area (Å²) in [6.45, 7) is 5.26. The summed E-state index contributed by atoms with van der Waals surface area (Å²) >= 11 is 0. The van der Waals surface area contributed by atoms with Gasteiger partial charge >= 0.3 is 0 Å². The molecule has 2 N–H and O–H groups in total. The standard InChI is InChI=1S/C16H25N3O3S/c1-12-6-4-5-7-15(12)17-16(20)13(2)19-10-8-14(9-11-19)18-23(3,21)22/h4-7,13-14,18H,8-11H2,1-3H3,(H,17,20). The zero-order valence-electron chi connectivity index (χ0n) is 13.9. The molecule has 1 atom stereocenters. The number of rotatable bonds is 5. The Morgan fingerprint density at radius 2 is 1.87 bits per heavy atom. The molecule has 1 aliphatic rings. The van der Waals surface area contributed by atoms with Gasteiger partial charge < -0.3 is 5.32 Å². The lowest BCUT2D eigenvalue weighted by atomic mass is 10.0. The fourth-order valence-electron chi connectivity index (χ4n) is 2.82. The van der Waals surface area contributed by atoms with Gasteiger partial charge in [0.15, 0.2) is 0 Å². The third-order valence-corrected chi connectivity index (χ3v) is 5.00. The first kappa shape index (κ1) is 17.9. The highest BCUT2D eigenvalue weighted by molar-refractivity contribution is 7.88. The van der Waals surface area contributed by atoms with Crippen LogP contribution in [0.25, 0.3) is 0 Å². The van der Waals surface area contributed by atoms with E-state index in [1.807, 2.05) is 38.1 Å². The number of piperidine rings is 1. The van der Waals surface area contributed by atoms with Crippen LogP contribution in [0, 0.1) is 6.92 Å². The van der Waals surface area contributed by atoms with Gasteiger partial charge in [-0.05, 0) is 38.3 Å². The number of hydrogen-bond acceptors (Lipinski definition) is 4. The smallest absolute Gasteiger partial charge is 0.241 e. The maximum atomic E-state index is 12.4. The van der Waals surface area contributed by atoms with Crippen molar-refractivity contribution in [2.24, 2.45) is 0 Å². The number of aryl methyl sites for hydroxylation is 1. The Morgan fingerprint density at radius 1 is 1.26 bits per heavy atom. The lowest BCUT2D eigenvalue weighted by molar-refractivity contribution is -0.121. The van der Waals surface area contributed by atoms with Gasteiger partial charge in [-0.1, -0.05) is 18.2 Å². The first-order chi connectivity index (χ1) is 10.8. The number of likely N-dealkylation sites (tertiary alicyclic amines) is 1. The van der Waals surface area contributed by atoms with E-state index in [9.17, 15) is 13.2 Å². The van der Waals surface area contributed by atoms with Crippen molar-refractivity contribution in [3.8, 4) is 0 Å². The fraction of sp³-hybridized carbons (Fsp3) is 0.562. The molecule has 0 spiro atoms. The number of nitrogens with one attached hydrogen (secondary N) is 2. The van der Waals surface area contributed by atoms with Crippen molar-refractivity contribution in [1.82, 2.24) is 9.62 Å². The van der Waals surface area contributed by atoms with Gasteiger partial charge in [0.25, 0.3) is 0 Å². The van der Waals surface area contributed by atoms with Crippen LogP contribution in [0.1, 0.15) is 25.3 Å². The molecule has 0 bridgehead atoms. The molecule has 0 saturated carbocycles. The predicted octanol–water partition coefficient (Wildman–Crippen LogP) is 1.34. The third kappa shape index (κ3) is 5.30. The minimum Gasteiger partial charge on any atom is -0.324 e. The zero-order valence-corrected chi connectivity index (χ0v) is 14.7. The quantitative estimate of drug-likeness (QED) is 0.848. The van der Waals surface area contributed by atoms with Gasteiger partial charge in [-0.2, -0.15) is 0 Å². The number of nitrogens with zero attached hydrogens (tertiary/aromatic N) is 1. The summed E-state index contributed by atoms with van der Waals surface area (Å²) in [6.07, 6.45) is 2.61. The lowest BCUT2D eigenvalue weighted by Crippen LogP contribution is -2.50. The molecule has 6 nitrogen and oxygen atoms in total. The van der Waals surface area contributed by atoms with Crippen molar-refractivity contribution < 1.29 is 13.2 Å². The number of anilines is 1. The molecule has 1 fully saturated rings. The van der Waals surface area contributed by atoms with E-state index in [2.05, 4.69) is 14.9 Å². The van der Waals surface area contributed by atoms with Gasteiger partial charge in [0, 0.05) is 24.8 Å². The number of benzene rings is 1. The van der Waals surface area contributed by atoms with Crippen LogP contribution in [0.4, 0.5) is 5.69 Å². The molecule has 0 aliphatic carbocycles. The number of sulfonamides is 1. The second kappa shape index (κ2) is 7.42. The Labute approximate surface area is 138 Å². The molecule has 23 heavy (non-hydrogen) atoms. The van der Waals surface area contributed by atoms with Gasteiger partial charge in [0.2, 0.25) is 15.9 Å². The van der Waals surface area contributed by atoms with Crippen molar-refractivity contribution in [2.75, 3.05) is 24.7 Å².